The molecule has 0 aliphatic heterocycles. The van der Waals surface area contributed by atoms with Crippen molar-refractivity contribution < 1.29 is 27.5 Å². The molecule has 4 nitrogen and oxygen atoms in total. The summed E-state index contributed by atoms with van der Waals surface area (Å²) in [6.07, 6.45) is 0.494. The Labute approximate surface area is 133 Å². The van der Waals surface area contributed by atoms with Crippen molar-refractivity contribution in [2.24, 2.45) is 0 Å². The quantitative estimate of drug-likeness (QED) is 0.667. The molecule has 2 aromatic carbocycles. The van der Waals surface area contributed by atoms with Gasteiger partial charge in [-0.25, -0.2) is 13.2 Å². The Balaban J connectivity index is 2.04. The van der Waals surface area contributed by atoms with Gasteiger partial charge in [0.1, 0.15) is 5.75 Å². The predicted molar refractivity (Wildman–Crippen MR) is 77.3 cm³/mol. The molecule has 120 valence electrons. The first-order valence-corrected chi connectivity index (χ1v) is 6.61. The fourth-order valence-electron chi connectivity index (χ4n) is 1.69. The van der Waals surface area contributed by atoms with Crippen LogP contribution >= 0.6 is 11.6 Å². The summed E-state index contributed by atoms with van der Waals surface area (Å²) in [5, 5.41) is 2.35. The number of benzene rings is 2. The number of hydrogen-bond donors (Lipinski definition) is 1. The summed E-state index contributed by atoms with van der Waals surface area (Å²) in [7, 11) is 0. The van der Waals surface area contributed by atoms with Crippen molar-refractivity contribution in [3.05, 3.63) is 58.4 Å². The van der Waals surface area contributed by atoms with Crippen molar-refractivity contribution in [3.63, 3.8) is 0 Å². The van der Waals surface area contributed by atoms with Crippen LogP contribution in [0.25, 0.3) is 0 Å². The molecule has 0 saturated heterocycles. The zero-order valence-electron chi connectivity index (χ0n) is 11.4. The maximum absolute atomic E-state index is 13.4. The summed E-state index contributed by atoms with van der Waals surface area (Å²) in [6, 6.07) is 5.74. The molecular formula is C15H9ClF3NO3. The van der Waals surface area contributed by atoms with Gasteiger partial charge in [-0.3, -0.25) is 9.59 Å². The molecule has 0 aliphatic rings. The normalized spacial score (nSPS) is 10.3. The summed E-state index contributed by atoms with van der Waals surface area (Å²) in [6.45, 7) is -0.569. The molecule has 2 aromatic rings. The van der Waals surface area contributed by atoms with Gasteiger partial charge >= 0.3 is 0 Å². The van der Waals surface area contributed by atoms with Crippen molar-refractivity contribution in [1.29, 1.82) is 0 Å². The van der Waals surface area contributed by atoms with Crippen LogP contribution < -0.4 is 10.1 Å². The molecule has 1 N–H and O–H groups in total. The second-order valence-electron chi connectivity index (χ2n) is 4.36. The maximum atomic E-state index is 13.4. The van der Waals surface area contributed by atoms with E-state index in [0.29, 0.717) is 17.4 Å². The molecule has 2 rings (SSSR count). The van der Waals surface area contributed by atoms with Gasteiger partial charge in [0.2, 0.25) is 0 Å². The highest BCUT2D eigenvalue weighted by Crippen LogP contribution is 2.22. The Morgan fingerprint density at radius 3 is 2.61 bits per heavy atom. The van der Waals surface area contributed by atoms with Crippen LogP contribution in [-0.4, -0.2) is 18.8 Å². The third kappa shape index (κ3) is 4.01. The minimum Gasteiger partial charge on any atom is -0.483 e. The van der Waals surface area contributed by atoms with E-state index in [0.717, 1.165) is 6.07 Å². The van der Waals surface area contributed by atoms with Crippen molar-refractivity contribution in [2.75, 3.05) is 11.9 Å². The van der Waals surface area contributed by atoms with Crippen LogP contribution in [-0.2, 0) is 4.79 Å². The number of carbonyl (C=O) groups is 2. The van der Waals surface area contributed by atoms with Gasteiger partial charge < -0.3 is 10.1 Å². The average molecular weight is 344 g/mol. The van der Waals surface area contributed by atoms with E-state index < -0.39 is 35.7 Å². The SMILES string of the molecule is O=Cc1cc(Cl)ccc1OCC(=O)Nc1ccc(F)c(F)c1F. The maximum Gasteiger partial charge on any atom is 0.262 e. The first-order chi connectivity index (χ1) is 10.9. The Morgan fingerprint density at radius 2 is 1.91 bits per heavy atom. The van der Waals surface area contributed by atoms with E-state index in [4.69, 9.17) is 16.3 Å². The topological polar surface area (TPSA) is 55.4 Å². The van der Waals surface area contributed by atoms with E-state index in [-0.39, 0.29) is 11.3 Å². The van der Waals surface area contributed by atoms with Gasteiger partial charge in [-0.05, 0) is 30.3 Å². The van der Waals surface area contributed by atoms with E-state index in [1.165, 1.54) is 18.2 Å². The van der Waals surface area contributed by atoms with Crippen LogP contribution in [0.4, 0.5) is 18.9 Å². The Kier molecular flexibility index (Phi) is 5.23. The third-order valence-corrected chi connectivity index (χ3v) is 3.00. The molecule has 0 unspecified atom stereocenters. The molecule has 0 bridgehead atoms. The Morgan fingerprint density at radius 1 is 1.17 bits per heavy atom. The predicted octanol–water partition coefficient (Wildman–Crippen LogP) is 3.59. The van der Waals surface area contributed by atoms with Crippen LogP contribution in [0.3, 0.4) is 0 Å². The van der Waals surface area contributed by atoms with Crippen LogP contribution in [0.2, 0.25) is 5.02 Å². The minimum atomic E-state index is -1.69. The lowest BCUT2D eigenvalue weighted by atomic mass is 10.2. The lowest BCUT2D eigenvalue weighted by molar-refractivity contribution is -0.118. The lowest BCUT2D eigenvalue weighted by Gasteiger charge is -2.10. The second kappa shape index (κ2) is 7.15. The van der Waals surface area contributed by atoms with Crippen molar-refractivity contribution in [2.45, 2.75) is 0 Å². The number of hydrogen-bond acceptors (Lipinski definition) is 3. The number of ether oxygens (including phenoxy) is 1. The highest BCUT2D eigenvalue weighted by molar-refractivity contribution is 6.30. The molecule has 0 fully saturated rings. The number of halogens is 4. The van der Waals surface area contributed by atoms with Gasteiger partial charge in [0.25, 0.3) is 5.91 Å². The van der Waals surface area contributed by atoms with Gasteiger partial charge in [-0.2, -0.15) is 0 Å². The molecule has 8 heteroatoms. The van der Waals surface area contributed by atoms with Crippen molar-refractivity contribution in [1.82, 2.24) is 0 Å². The average Bonchev–Trinajstić information content (AvgIpc) is 2.54. The Bertz CT molecular complexity index is 768. The van der Waals surface area contributed by atoms with Crippen molar-refractivity contribution in [3.8, 4) is 5.75 Å². The highest BCUT2D eigenvalue weighted by Gasteiger charge is 2.15. The van der Waals surface area contributed by atoms with Crippen molar-refractivity contribution >= 4 is 29.5 Å². The number of aldehydes is 1. The van der Waals surface area contributed by atoms with E-state index in [1.54, 1.807) is 0 Å². The molecule has 0 spiro atoms. The second-order valence-corrected chi connectivity index (χ2v) is 4.80. The van der Waals surface area contributed by atoms with Crippen LogP contribution in [0.15, 0.2) is 30.3 Å². The monoisotopic (exact) mass is 343 g/mol. The number of nitrogens with one attached hydrogen (secondary N) is 1. The number of carbonyl (C=O) groups excluding carboxylic acids is 2. The summed E-state index contributed by atoms with van der Waals surface area (Å²) >= 11 is 5.71. The summed E-state index contributed by atoms with van der Waals surface area (Å²) < 4.78 is 44.4. The van der Waals surface area contributed by atoms with Crippen LogP contribution in [0.1, 0.15) is 10.4 Å². The number of rotatable bonds is 5. The smallest absolute Gasteiger partial charge is 0.262 e. The summed E-state index contributed by atoms with van der Waals surface area (Å²) in [5.74, 6) is -5.29. The van der Waals surface area contributed by atoms with Gasteiger partial charge in [-0.15, -0.1) is 0 Å². The fraction of sp³-hybridized carbons (Fsp3) is 0.0667. The molecule has 0 aliphatic carbocycles. The molecule has 0 heterocycles. The standard InChI is InChI=1S/C15H9ClF3NO3/c16-9-1-4-12(8(5-9)6-21)23-7-13(22)20-11-3-2-10(17)14(18)15(11)19/h1-6H,7H2,(H,20,22). The zero-order chi connectivity index (χ0) is 17.0. The lowest BCUT2D eigenvalue weighted by Crippen LogP contribution is -2.21. The van der Waals surface area contributed by atoms with Crippen LogP contribution in [0.5, 0.6) is 5.75 Å². The molecule has 0 radical (unpaired) electrons. The molecule has 1 amide bonds. The van der Waals surface area contributed by atoms with Gasteiger partial charge in [0.15, 0.2) is 30.3 Å². The first-order valence-electron chi connectivity index (χ1n) is 6.23. The van der Waals surface area contributed by atoms with E-state index in [1.807, 2.05) is 5.32 Å². The minimum absolute atomic E-state index is 0.102. The highest BCUT2D eigenvalue weighted by atomic mass is 35.5. The molecule has 23 heavy (non-hydrogen) atoms. The summed E-state index contributed by atoms with van der Waals surface area (Å²) in [5.41, 5.74) is -0.395. The van der Waals surface area contributed by atoms with E-state index in [9.17, 15) is 22.8 Å². The number of amides is 1. The van der Waals surface area contributed by atoms with Gasteiger partial charge in [0, 0.05) is 5.02 Å². The van der Waals surface area contributed by atoms with E-state index >= 15 is 0 Å². The third-order valence-electron chi connectivity index (χ3n) is 2.77. The van der Waals surface area contributed by atoms with Crippen LogP contribution in [0, 0.1) is 17.5 Å². The zero-order valence-corrected chi connectivity index (χ0v) is 12.2. The molecular weight excluding hydrogens is 335 g/mol. The van der Waals surface area contributed by atoms with Gasteiger partial charge in [0.05, 0.1) is 11.3 Å². The molecule has 0 saturated carbocycles. The number of anilines is 1. The first kappa shape index (κ1) is 16.8. The van der Waals surface area contributed by atoms with E-state index in [2.05, 4.69) is 0 Å². The summed E-state index contributed by atoms with van der Waals surface area (Å²) in [4.78, 5) is 22.5. The largest absolute Gasteiger partial charge is 0.483 e. The van der Waals surface area contributed by atoms with Gasteiger partial charge in [-0.1, -0.05) is 11.6 Å². The molecule has 0 aromatic heterocycles. The Hall–Kier alpha value is -2.54. The fourth-order valence-corrected chi connectivity index (χ4v) is 1.88. The molecule has 0 atom stereocenters.